The molecule has 5 nitrogen and oxygen atoms in total. The van der Waals surface area contributed by atoms with Gasteiger partial charge in [-0.1, -0.05) is 51.0 Å². The number of guanidine groups is 1. The molecule has 1 amide bonds. The number of carbonyl (C=O) groups excluding carboxylic acids is 1. The third-order valence-corrected chi connectivity index (χ3v) is 6.34. The predicted molar refractivity (Wildman–Crippen MR) is 116 cm³/mol. The summed E-state index contributed by atoms with van der Waals surface area (Å²) in [6, 6.07) is 8.83. The van der Waals surface area contributed by atoms with Crippen LogP contribution in [0.3, 0.4) is 0 Å². The normalized spacial score (nSPS) is 21.2. The van der Waals surface area contributed by atoms with E-state index in [0.717, 1.165) is 44.9 Å². The zero-order chi connectivity index (χ0) is 20.1. The van der Waals surface area contributed by atoms with E-state index < -0.39 is 0 Å². The standard InChI is InChI=1S/C23H36N4O/c1-17-9-5-8-12-20(17)23(2,3)16-25-22(24-4)26-19-13-14-27(15-19)21(28)18-10-6-7-11-18/h5,8-9,12,18-19H,6-7,10-11,13-16H2,1-4H3,(H2,24,25,26). The van der Waals surface area contributed by atoms with Gasteiger partial charge in [-0.05, 0) is 37.3 Å². The van der Waals surface area contributed by atoms with Gasteiger partial charge in [0, 0.05) is 44.1 Å². The number of hydrogen-bond acceptors (Lipinski definition) is 2. The van der Waals surface area contributed by atoms with Crippen LogP contribution in [0.5, 0.6) is 0 Å². The monoisotopic (exact) mass is 384 g/mol. The quantitative estimate of drug-likeness (QED) is 0.605. The first kappa shape index (κ1) is 20.7. The summed E-state index contributed by atoms with van der Waals surface area (Å²) >= 11 is 0. The lowest BCUT2D eigenvalue weighted by atomic mass is 9.82. The van der Waals surface area contributed by atoms with E-state index in [4.69, 9.17) is 0 Å². The number of likely N-dealkylation sites (tertiary alicyclic amines) is 1. The van der Waals surface area contributed by atoms with Crippen LogP contribution in [0.15, 0.2) is 29.3 Å². The van der Waals surface area contributed by atoms with E-state index in [-0.39, 0.29) is 17.4 Å². The first-order valence-corrected chi connectivity index (χ1v) is 10.7. The molecule has 5 heteroatoms. The molecule has 1 heterocycles. The number of rotatable bonds is 5. The molecule has 2 aliphatic rings. The van der Waals surface area contributed by atoms with E-state index in [1.807, 2.05) is 7.05 Å². The molecule has 1 saturated heterocycles. The van der Waals surface area contributed by atoms with Crippen LogP contribution in [0, 0.1) is 12.8 Å². The van der Waals surface area contributed by atoms with Gasteiger partial charge in [0.2, 0.25) is 5.91 Å². The predicted octanol–water partition coefficient (Wildman–Crippen LogP) is 3.23. The van der Waals surface area contributed by atoms with Crippen molar-refractivity contribution in [3.05, 3.63) is 35.4 Å². The van der Waals surface area contributed by atoms with Gasteiger partial charge in [-0.2, -0.15) is 0 Å². The smallest absolute Gasteiger partial charge is 0.225 e. The molecule has 1 saturated carbocycles. The molecule has 0 aromatic heterocycles. The van der Waals surface area contributed by atoms with Crippen molar-refractivity contribution in [1.82, 2.24) is 15.5 Å². The fourth-order valence-electron chi connectivity index (χ4n) is 4.63. The van der Waals surface area contributed by atoms with Crippen LogP contribution >= 0.6 is 0 Å². The molecule has 0 bridgehead atoms. The van der Waals surface area contributed by atoms with Gasteiger partial charge >= 0.3 is 0 Å². The van der Waals surface area contributed by atoms with Gasteiger partial charge in [0.25, 0.3) is 0 Å². The summed E-state index contributed by atoms with van der Waals surface area (Å²) in [5.41, 5.74) is 2.67. The summed E-state index contributed by atoms with van der Waals surface area (Å²) < 4.78 is 0. The molecule has 154 valence electrons. The number of aliphatic imine (C=N–C) groups is 1. The van der Waals surface area contributed by atoms with Crippen molar-refractivity contribution in [2.24, 2.45) is 10.9 Å². The first-order chi connectivity index (χ1) is 13.4. The molecule has 0 spiro atoms. The molecule has 1 aromatic rings. The minimum Gasteiger partial charge on any atom is -0.356 e. The summed E-state index contributed by atoms with van der Waals surface area (Å²) in [5, 5.41) is 7.02. The van der Waals surface area contributed by atoms with Gasteiger partial charge < -0.3 is 15.5 Å². The largest absolute Gasteiger partial charge is 0.356 e. The Balaban J connectivity index is 1.51. The van der Waals surface area contributed by atoms with Crippen LogP contribution < -0.4 is 10.6 Å². The van der Waals surface area contributed by atoms with Crippen LogP contribution in [0.4, 0.5) is 0 Å². The van der Waals surface area contributed by atoms with Crippen LogP contribution in [0.2, 0.25) is 0 Å². The van der Waals surface area contributed by atoms with Crippen molar-refractivity contribution < 1.29 is 4.79 Å². The highest BCUT2D eigenvalue weighted by Crippen LogP contribution is 2.28. The molecule has 1 atom stereocenters. The van der Waals surface area contributed by atoms with E-state index >= 15 is 0 Å². The molecule has 2 fully saturated rings. The number of nitrogens with zero attached hydrogens (tertiary/aromatic N) is 2. The van der Waals surface area contributed by atoms with Gasteiger partial charge in [-0.25, -0.2) is 0 Å². The molecule has 3 rings (SSSR count). The summed E-state index contributed by atoms with van der Waals surface area (Å²) in [6.07, 6.45) is 5.55. The van der Waals surface area contributed by atoms with E-state index in [9.17, 15) is 4.79 Å². The van der Waals surface area contributed by atoms with E-state index in [1.165, 1.54) is 24.0 Å². The minimum atomic E-state index is 0.00309. The second-order valence-electron chi connectivity index (χ2n) is 9.02. The fraction of sp³-hybridized carbons (Fsp3) is 0.652. The number of benzene rings is 1. The number of hydrogen-bond donors (Lipinski definition) is 2. The average Bonchev–Trinajstić information content (AvgIpc) is 3.37. The van der Waals surface area contributed by atoms with Crippen LogP contribution in [0.25, 0.3) is 0 Å². The minimum absolute atomic E-state index is 0.00309. The van der Waals surface area contributed by atoms with Crippen molar-refractivity contribution in [3.63, 3.8) is 0 Å². The Kier molecular flexibility index (Phi) is 6.63. The summed E-state index contributed by atoms with van der Waals surface area (Å²) in [6.45, 7) is 9.13. The molecule has 1 aliphatic carbocycles. The van der Waals surface area contributed by atoms with Crippen molar-refractivity contribution in [3.8, 4) is 0 Å². The van der Waals surface area contributed by atoms with E-state index in [1.54, 1.807) is 0 Å². The second-order valence-corrected chi connectivity index (χ2v) is 9.02. The maximum atomic E-state index is 12.6. The summed E-state index contributed by atoms with van der Waals surface area (Å²) in [4.78, 5) is 19.1. The third-order valence-electron chi connectivity index (χ3n) is 6.34. The Bertz CT molecular complexity index is 706. The highest BCUT2D eigenvalue weighted by molar-refractivity contribution is 5.81. The Morgan fingerprint density at radius 1 is 1.21 bits per heavy atom. The molecule has 1 unspecified atom stereocenters. The Hall–Kier alpha value is -2.04. The lowest BCUT2D eigenvalue weighted by Gasteiger charge is -2.29. The Morgan fingerprint density at radius 2 is 1.93 bits per heavy atom. The molecule has 1 aliphatic heterocycles. The lowest BCUT2D eigenvalue weighted by Crippen LogP contribution is -2.48. The number of aryl methyl sites for hydroxylation is 1. The topological polar surface area (TPSA) is 56.7 Å². The van der Waals surface area contributed by atoms with Gasteiger partial charge in [-0.3, -0.25) is 9.79 Å². The van der Waals surface area contributed by atoms with Crippen LogP contribution in [-0.2, 0) is 10.2 Å². The number of nitrogens with one attached hydrogen (secondary N) is 2. The van der Waals surface area contributed by atoms with E-state index in [0.29, 0.717) is 5.91 Å². The maximum absolute atomic E-state index is 12.6. The van der Waals surface area contributed by atoms with Crippen molar-refractivity contribution in [1.29, 1.82) is 0 Å². The maximum Gasteiger partial charge on any atom is 0.225 e. The second kappa shape index (κ2) is 8.97. The van der Waals surface area contributed by atoms with Gasteiger partial charge in [-0.15, -0.1) is 0 Å². The highest BCUT2D eigenvalue weighted by atomic mass is 16.2. The average molecular weight is 385 g/mol. The zero-order valence-corrected chi connectivity index (χ0v) is 17.9. The molecule has 0 radical (unpaired) electrons. The molecule has 28 heavy (non-hydrogen) atoms. The zero-order valence-electron chi connectivity index (χ0n) is 17.9. The lowest BCUT2D eigenvalue weighted by molar-refractivity contribution is -0.134. The van der Waals surface area contributed by atoms with Crippen LogP contribution in [-0.4, -0.2) is 49.5 Å². The highest BCUT2D eigenvalue weighted by Gasteiger charge is 2.32. The van der Waals surface area contributed by atoms with Gasteiger partial charge in [0.15, 0.2) is 5.96 Å². The van der Waals surface area contributed by atoms with Crippen molar-refractivity contribution in [2.45, 2.75) is 64.3 Å². The molecule has 2 N–H and O–H groups in total. The van der Waals surface area contributed by atoms with Crippen LogP contribution in [0.1, 0.15) is 57.1 Å². The SMILES string of the molecule is CN=C(NCC(C)(C)c1ccccc1C)NC1CCN(C(=O)C2CCCC2)C1. The Labute approximate surface area is 170 Å². The van der Waals surface area contributed by atoms with Crippen molar-refractivity contribution >= 4 is 11.9 Å². The number of carbonyl (C=O) groups is 1. The van der Waals surface area contributed by atoms with Crippen molar-refractivity contribution in [2.75, 3.05) is 26.7 Å². The van der Waals surface area contributed by atoms with Gasteiger partial charge in [0.05, 0.1) is 0 Å². The number of amides is 1. The third kappa shape index (κ3) is 4.86. The Morgan fingerprint density at radius 3 is 2.61 bits per heavy atom. The molecular weight excluding hydrogens is 348 g/mol. The summed E-state index contributed by atoms with van der Waals surface area (Å²) in [7, 11) is 1.81. The molecular formula is C23H36N4O. The fourth-order valence-corrected chi connectivity index (χ4v) is 4.63. The molecule has 1 aromatic carbocycles. The van der Waals surface area contributed by atoms with E-state index in [2.05, 4.69) is 65.6 Å². The first-order valence-electron chi connectivity index (χ1n) is 10.7. The summed E-state index contributed by atoms with van der Waals surface area (Å²) in [5.74, 6) is 1.46. The van der Waals surface area contributed by atoms with Gasteiger partial charge in [0.1, 0.15) is 0 Å².